The maximum atomic E-state index is 4.97. The third kappa shape index (κ3) is 2.05. The molecule has 0 bridgehead atoms. The van der Waals surface area contributed by atoms with Crippen LogP contribution in [0.15, 0.2) is 54.6 Å². The van der Waals surface area contributed by atoms with Crippen molar-refractivity contribution in [3.05, 3.63) is 60.2 Å². The summed E-state index contributed by atoms with van der Waals surface area (Å²) in [5, 5.41) is 0. The molecule has 2 nitrogen and oxygen atoms in total. The maximum absolute atomic E-state index is 4.97. The summed E-state index contributed by atoms with van der Waals surface area (Å²) in [5.74, 6) is 1.56. The monoisotopic (exact) mass is 302 g/mol. The van der Waals surface area contributed by atoms with Crippen LogP contribution in [0.5, 0.6) is 0 Å². The zero-order valence-corrected chi connectivity index (χ0v) is 14.2. The first-order chi connectivity index (χ1) is 11.0. The third-order valence-corrected chi connectivity index (χ3v) is 4.73. The summed E-state index contributed by atoms with van der Waals surface area (Å²) in [4.78, 5) is 4.97. The van der Waals surface area contributed by atoms with Crippen LogP contribution in [-0.2, 0) is 5.54 Å². The first kappa shape index (κ1) is 14.3. The highest BCUT2D eigenvalue weighted by molar-refractivity contribution is 5.94. The molecule has 1 aliphatic rings. The van der Waals surface area contributed by atoms with Crippen LogP contribution >= 0.6 is 0 Å². The number of aromatic nitrogens is 2. The van der Waals surface area contributed by atoms with Crippen molar-refractivity contribution >= 4 is 16.6 Å². The van der Waals surface area contributed by atoms with E-state index in [0.29, 0.717) is 5.92 Å². The standard InChI is InChI=1S/C21H22N2/c1-14(2)17-13-21(3,4)23-19-16(17)11-8-12-18(19)22-20(23)15-9-6-5-7-10-15/h5-14H,1-4H3. The van der Waals surface area contributed by atoms with Gasteiger partial charge in [-0.15, -0.1) is 0 Å². The normalized spacial score (nSPS) is 16.0. The second-order valence-electron chi connectivity index (χ2n) is 7.22. The minimum atomic E-state index is -0.0894. The van der Waals surface area contributed by atoms with Gasteiger partial charge in [0.1, 0.15) is 5.82 Å². The van der Waals surface area contributed by atoms with E-state index >= 15 is 0 Å². The SMILES string of the molecule is CC(C)C1=CC(C)(C)n2c(-c3ccccc3)nc3cccc1c32. The van der Waals surface area contributed by atoms with Gasteiger partial charge in [-0.2, -0.15) is 0 Å². The number of nitrogens with zero attached hydrogens (tertiary/aromatic N) is 2. The van der Waals surface area contributed by atoms with Gasteiger partial charge in [-0.25, -0.2) is 4.98 Å². The lowest BCUT2D eigenvalue weighted by Gasteiger charge is -2.33. The second kappa shape index (κ2) is 4.82. The van der Waals surface area contributed by atoms with E-state index in [4.69, 9.17) is 4.98 Å². The lowest BCUT2D eigenvalue weighted by atomic mass is 9.85. The molecule has 2 aromatic carbocycles. The zero-order valence-electron chi connectivity index (χ0n) is 14.2. The fraction of sp³-hybridized carbons (Fsp3) is 0.286. The number of hydrogen-bond acceptors (Lipinski definition) is 1. The van der Waals surface area contributed by atoms with Crippen molar-refractivity contribution in [1.29, 1.82) is 0 Å². The van der Waals surface area contributed by atoms with Crippen LogP contribution in [0.2, 0.25) is 0 Å². The van der Waals surface area contributed by atoms with Crippen molar-refractivity contribution in [2.45, 2.75) is 33.2 Å². The molecule has 0 aliphatic carbocycles. The molecule has 2 heteroatoms. The van der Waals surface area contributed by atoms with Crippen molar-refractivity contribution in [2.24, 2.45) is 5.92 Å². The minimum absolute atomic E-state index is 0.0894. The highest BCUT2D eigenvalue weighted by Gasteiger charge is 2.32. The molecule has 0 amide bonds. The van der Waals surface area contributed by atoms with Gasteiger partial charge in [0.05, 0.1) is 16.6 Å². The lowest BCUT2D eigenvalue weighted by molar-refractivity contribution is 0.467. The van der Waals surface area contributed by atoms with Gasteiger partial charge in [0.15, 0.2) is 0 Å². The Kier molecular flexibility index (Phi) is 2.99. The second-order valence-corrected chi connectivity index (χ2v) is 7.22. The molecule has 0 saturated heterocycles. The Bertz CT molecular complexity index is 912. The van der Waals surface area contributed by atoms with Crippen LogP contribution in [0.1, 0.15) is 33.3 Å². The van der Waals surface area contributed by atoms with Crippen molar-refractivity contribution < 1.29 is 0 Å². The number of hydrogen-bond donors (Lipinski definition) is 0. The van der Waals surface area contributed by atoms with Crippen LogP contribution in [0.3, 0.4) is 0 Å². The average molecular weight is 302 g/mol. The molecule has 0 radical (unpaired) electrons. The van der Waals surface area contributed by atoms with Gasteiger partial charge in [0, 0.05) is 11.1 Å². The Morgan fingerprint density at radius 3 is 2.39 bits per heavy atom. The van der Waals surface area contributed by atoms with Gasteiger partial charge in [-0.05, 0) is 31.4 Å². The Balaban J connectivity index is 2.11. The molecule has 1 aliphatic heterocycles. The van der Waals surface area contributed by atoms with Crippen molar-refractivity contribution in [3.8, 4) is 11.4 Å². The fourth-order valence-corrected chi connectivity index (χ4v) is 3.70. The maximum Gasteiger partial charge on any atom is 0.141 e. The Morgan fingerprint density at radius 2 is 1.70 bits per heavy atom. The first-order valence-electron chi connectivity index (χ1n) is 8.29. The first-order valence-corrected chi connectivity index (χ1v) is 8.29. The summed E-state index contributed by atoms with van der Waals surface area (Å²) < 4.78 is 2.40. The van der Waals surface area contributed by atoms with E-state index in [1.807, 2.05) is 0 Å². The molecule has 0 fully saturated rings. The molecule has 4 rings (SSSR count). The molecule has 116 valence electrons. The molecule has 0 saturated carbocycles. The fourth-order valence-electron chi connectivity index (χ4n) is 3.70. The third-order valence-electron chi connectivity index (χ3n) is 4.73. The number of para-hydroxylation sites is 1. The minimum Gasteiger partial charge on any atom is -0.314 e. The topological polar surface area (TPSA) is 17.8 Å². The van der Waals surface area contributed by atoms with Gasteiger partial charge in [0.25, 0.3) is 0 Å². The quantitative estimate of drug-likeness (QED) is 0.612. The Morgan fingerprint density at radius 1 is 0.957 bits per heavy atom. The molecule has 3 aromatic rings. The largest absolute Gasteiger partial charge is 0.314 e. The summed E-state index contributed by atoms with van der Waals surface area (Å²) >= 11 is 0. The van der Waals surface area contributed by atoms with Crippen LogP contribution < -0.4 is 0 Å². The van der Waals surface area contributed by atoms with E-state index < -0.39 is 0 Å². The summed E-state index contributed by atoms with van der Waals surface area (Å²) in [7, 11) is 0. The van der Waals surface area contributed by atoms with Gasteiger partial charge in [-0.1, -0.05) is 62.4 Å². The molecule has 1 aromatic heterocycles. The number of allylic oxidation sites excluding steroid dienone is 2. The molecular weight excluding hydrogens is 280 g/mol. The highest BCUT2D eigenvalue weighted by atomic mass is 15.1. The van der Waals surface area contributed by atoms with E-state index in [9.17, 15) is 0 Å². The van der Waals surface area contributed by atoms with Crippen LogP contribution in [0.4, 0.5) is 0 Å². The Labute approximate surface area is 137 Å². The number of rotatable bonds is 2. The summed E-state index contributed by atoms with van der Waals surface area (Å²) in [6.45, 7) is 9.09. The molecule has 0 spiro atoms. The predicted molar refractivity (Wildman–Crippen MR) is 97.3 cm³/mol. The number of imidazole rings is 1. The molecular formula is C21H22N2. The van der Waals surface area contributed by atoms with Gasteiger partial charge >= 0.3 is 0 Å². The number of benzene rings is 2. The highest BCUT2D eigenvalue weighted by Crippen LogP contribution is 2.42. The molecule has 0 N–H and O–H groups in total. The molecule has 23 heavy (non-hydrogen) atoms. The van der Waals surface area contributed by atoms with E-state index in [1.165, 1.54) is 22.2 Å². The van der Waals surface area contributed by atoms with Crippen molar-refractivity contribution in [1.82, 2.24) is 9.55 Å². The lowest BCUT2D eigenvalue weighted by Crippen LogP contribution is -2.28. The van der Waals surface area contributed by atoms with Crippen LogP contribution in [-0.4, -0.2) is 9.55 Å². The van der Waals surface area contributed by atoms with Crippen LogP contribution in [0.25, 0.3) is 28.0 Å². The predicted octanol–water partition coefficient (Wildman–Crippen LogP) is 5.49. The smallest absolute Gasteiger partial charge is 0.141 e. The summed E-state index contributed by atoms with van der Waals surface area (Å²) in [5.41, 5.74) is 6.18. The van der Waals surface area contributed by atoms with E-state index in [0.717, 1.165) is 11.3 Å². The van der Waals surface area contributed by atoms with E-state index in [1.54, 1.807) is 0 Å². The van der Waals surface area contributed by atoms with Gasteiger partial charge in [0.2, 0.25) is 0 Å². The summed E-state index contributed by atoms with van der Waals surface area (Å²) in [6.07, 6.45) is 2.41. The van der Waals surface area contributed by atoms with E-state index in [-0.39, 0.29) is 5.54 Å². The van der Waals surface area contributed by atoms with Gasteiger partial charge in [-0.3, -0.25) is 0 Å². The molecule has 2 heterocycles. The van der Waals surface area contributed by atoms with Crippen molar-refractivity contribution in [3.63, 3.8) is 0 Å². The van der Waals surface area contributed by atoms with Crippen LogP contribution in [0, 0.1) is 5.92 Å². The van der Waals surface area contributed by atoms with Gasteiger partial charge < -0.3 is 4.57 Å². The molecule has 0 unspecified atom stereocenters. The van der Waals surface area contributed by atoms with E-state index in [2.05, 4.69) is 86.9 Å². The average Bonchev–Trinajstić information content (AvgIpc) is 2.93. The van der Waals surface area contributed by atoms with Crippen molar-refractivity contribution in [2.75, 3.05) is 0 Å². The zero-order chi connectivity index (χ0) is 16.2. The molecule has 0 atom stereocenters. The Hall–Kier alpha value is -2.35. The summed E-state index contributed by atoms with van der Waals surface area (Å²) in [6, 6.07) is 17.0.